The van der Waals surface area contributed by atoms with E-state index in [9.17, 15) is 9.90 Å². The van der Waals surface area contributed by atoms with Gasteiger partial charge in [-0.05, 0) is 65.9 Å². The van der Waals surface area contributed by atoms with E-state index in [0.29, 0.717) is 29.4 Å². The monoisotopic (exact) mass is 566 g/mol. The van der Waals surface area contributed by atoms with Gasteiger partial charge in [0.15, 0.2) is 0 Å². The van der Waals surface area contributed by atoms with Gasteiger partial charge in [0, 0.05) is 60.8 Å². The lowest BCUT2D eigenvalue weighted by Gasteiger charge is -2.34. The maximum atomic E-state index is 12.6. The van der Waals surface area contributed by atoms with Gasteiger partial charge < -0.3 is 19.2 Å². The fourth-order valence-electron chi connectivity index (χ4n) is 5.04. The van der Waals surface area contributed by atoms with E-state index in [1.54, 1.807) is 6.07 Å². The van der Waals surface area contributed by atoms with Gasteiger partial charge in [-0.25, -0.2) is 4.79 Å². The molecule has 1 N–H and O–H groups in total. The lowest BCUT2D eigenvalue weighted by molar-refractivity contribution is 0.121. The summed E-state index contributed by atoms with van der Waals surface area (Å²) in [6.45, 7) is 6.29. The molecular weight excluding hydrogens is 535 g/mol. The van der Waals surface area contributed by atoms with Crippen LogP contribution < -0.4 is 10.4 Å². The van der Waals surface area contributed by atoms with Crippen molar-refractivity contribution in [1.82, 2.24) is 9.80 Å². The number of piperazine rings is 1. The molecule has 0 aliphatic carbocycles. The van der Waals surface area contributed by atoms with Gasteiger partial charge in [0.05, 0.1) is 18.8 Å². The number of hydrogen-bond donors (Lipinski definition) is 1. The highest BCUT2D eigenvalue weighted by Crippen LogP contribution is 2.27. The Bertz CT molecular complexity index is 1450. The van der Waals surface area contributed by atoms with Crippen molar-refractivity contribution in [2.75, 3.05) is 39.3 Å². The number of aliphatic hydroxyl groups excluding tert-OH is 1. The molecule has 1 aliphatic heterocycles. The normalized spacial score (nSPS) is 14.6. The lowest BCUT2D eigenvalue weighted by Crippen LogP contribution is -2.46. The first-order valence-electron chi connectivity index (χ1n) is 13.2. The maximum absolute atomic E-state index is 12.6. The molecule has 2 heterocycles. The molecule has 0 bridgehead atoms. The van der Waals surface area contributed by atoms with Crippen LogP contribution in [0.15, 0.2) is 75.9 Å². The number of ether oxygens (including phenoxy) is 1. The lowest BCUT2D eigenvalue weighted by atomic mass is 9.97. The fraction of sp³-hybridized carbons (Fsp3) is 0.323. The average Bonchev–Trinajstić information content (AvgIpc) is 2.94. The van der Waals surface area contributed by atoms with E-state index >= 15 is 0 Å². The van der Waals surface area contributed by atoms with Crippen LogP contribution in [-0.2, 0) is 19.6 Å². The molecule has 39 heavy (non-hydrogen) atoms. The Kier molecular flexibility index (Phi) is 9.22. The maximum Gasteiger partial charge on any atom is 0.342 e. The van der Waals surface area contributed by atoms with Gasteiger partial charge in [0.2, 0.25) is 0 Å². The number of aliphatic hydroxyl groups is 1. The molecule has 5 rings (SSSR count). The summed E-state index contributed by atoms with van der Waals surface area (Å²) in [7, 11) is 0. The molecule has 1 fully saturated rings. The molecule has 1 saturated heterocycles. The predicted molar refractivity (Wildman–Crippen MR) is 156 cm³/mol. The van der Waals surface area contributed by atoms with Crippen molar-refractivity contribution in [3.63, 3.8) is 0 Å². The van der Waals surface area contributed by atoms with Crippen LogP contribution in [0, 0.1) is 0 Å². The fourth-order valence-corrected chi connectivity index (χ4v) is 5.29. The number of fused-ring (bicyclic) bond motifs is 1. The average molecular weight is 568 g/mol. The topological polar surface area (TPSA) is 66.2 Å². The van der Waals surface area contributed by atoms with Crippen LogP contribution >= 0.6 is 23.2 Å². The summed E-state index contributed by atoms with van der Waals surface area (Å²) in [5, 5.41) is 12.1. The van der Waals surface area contributed by atoms with Crippen molar-refractivity contribution in [3.8, 4) is 5.75 Å². The third-order valence-corrected chi connectivity index (χ3v) is 7.72. The molecule has 1 aromatic heterocycles. The van der Waals surface area contributed by atoms with E-state index in [1.165, 1.54) is 5.56 Å². The second kappa shape index (κ2) is 13.0. The molecule has 8 heteroatoms. The number of rotatable bonds is 10. The van der Waals surface area contributed by atoms with E-state index in [-0.39, 0.29) is 12.2 Å². The molecule has 204 valence electrons. The van der Waals surface area contributed by atoms with Crippen molar-refractivity contribution < 1.29 is 14.3 Å². The minimum atomic E-state index is -0.527. The van der Waals surface area contributed by atoms with Crippen molar-refractivity contribution in [2.24, 2.45) is 0 Å². The van der Waals surface area contributed by atoms with Crippen LogP contribution in [0.1, 0.15) is 28.7 Å². The minimum absolute atomic E-state index is 0.277. The van der Waals surface area contributed by atoms with Crippen LogP contribution in [0.4, 0.5) is 0 Å². The minimum Gasteiger partial charge on any atom is -0.493 e. The molecule has 0 saturated carbocycles. The standard InChI is InChI=1S/C31H32Cl2N2O4/c32-24-6-2-22(3-7-24)18-28-27-11-10-26(19-30(27)39-31(37)29(28)21-36)38-17-1-12-34-13-15-35(16-14-34)20-23-4-8-25(33)9-5-23/h2-11,19,36H,1,12-18,20-21H2. The number of nitrogens with zero attached hydrogens (tertiary/aromatic N) is 2. The summed E-state index contributed by atoms with van der Waals surface area (Å²) < 4.78 is 11.6. The Morgan fingerprint density at radius 3 is 2.13 bits per heavy atom. The van der Waals surface area contributed by atoms with Gasteiger partial charge >= 0.3 is 5.63 Å². The van der Waals surface area contributed by atoms with Gasteiger partial charge in [0.1, 0.15) is 11.3 Å². The van der Waals surface area contributed by atoms with Crippen molar-refractivity contribution in [3.05, 3.63) is 109 Å². The second-order valence-corrected chi connectivity index (χ2v) is 10.8. The summed E-state index contributed by atoms with van der Waals surface area (Å²) in [5.74, 6) is 0.660. The first-order chi connectivity index (χ1) is 19.0. The summed E-state index contributed by atoms with van der Waals surface area (Å²) in [6, 6.07) is 21.1. The van der Waals surface area contributed by atoms with Crippen molar-refractivity contribution in [1.29, 1.82) is 0 Å². The van der Waals surface area contributed by atoms with E-state index in [2.05, 4.69) is 21.9 Å². The highest BCUT2D eigenvalue weighted by molar-refractivity contribution is 6.30. The van der Waals surface area contributed by atoms with Crippen molar-refractivity contribution in [2.45, 2.75) is 26.0 Å². The smallest absolute Gasteiger partial charge is 0.342 e. The summed E-state index contributed by atoms with van der Waals surface area (Å²) in [4.78, 5) is 17.6. The van der Waals surface area contributed by atoms with Gasteiger partial charge in [-0.3, -0.25) is 4.90 Å². The molecule has 0 amide bonds. The van der Waals surface area contributed by atoms with E-state index < -0.39 is 5.63 Å². The highest BCUT2D eigenvalue weighted by atomic mass is 35.5. The van der Waals surface area contributed by atoms with Crippen molar-refractivity contribution >= 4 is 34.2 Å². The molecule has 4 aromatic rings. The predicted octanol–water partition coefficient (Wildman–Crippen LogP) is 5.77. The highest BCUT2D eigenvalue weighted by Gasteiger charge is 2.18. The molecule has 0 atom stereocenters. The van der Waals surface area contributed by atoms with E-state index in [0.717, 1.165) is 67.2 Å². The zero-order chi connectivity index (χ0) is 27.2. The third-order valence-electron chi connectivity index (χ3n) is 7.22. The number of hydrogen-bond acceptors (Lipinski definition) is 6. The molecule has 3 aromatic carbocycles. The summed E-state index contributed by atoms with van der Waals surface area (Å²) in [6.07, 6.45) is 1.40. The summed E-state index contributed by atoms with van der Waals surface area (Å²) >= 11 is 12.0. The Hall–Kier alpha value is -2.87. The van der Waals surface area contributed by atoms with Crippen LogP contribution in [0.2, 0.25) is 10.0 Å². The molecule has 1 aliphatic rings. The van der Waals surface area contributed by atoms with Crippen LogP contribution in [0.25, 0.3) is 11.0 Å². The largest absolute Gasteiger partial charge is 0.493 e. The van der Waals surface area contributed by atoms with Gasteiger partial charge in [-0.1, -0.05) is 47.5 Å². The quantitative estimate of drug-likeness (QED) is 0.194. The van der Waals surface area contributed by atoms with E-state index in [4.69, 9.17) is 32.4 Å². The van der Waals surface area contributed by atoms with E-state index in [1.807, 2.05) is 48.5 Å². The van der Waals surface area contributed by atoms with Crippen LogP contribution in [0.3, 0.4) is 0 Å². The first-order valence-corrected chi connectivity index (χ1v) is 14.0. The molecule has 6 nitrogen and oxygen atoms in total. The SMILES string of the molecule is O=c1oc2cc(OCCCN3CCN(Cc4ccc(Cl)cc4)CC3)ccc2c(Cc2ccc(Cl)cc2)c1CO. The first kappa shape index (κ1) is 27.7. The Balaban J connectivity index is 1.14. The Labute approximate surface area is 238 Å². The van der Waals surface area contributed by atoms with Crippen LogP contribution in [-0.4, -0.2) is 54.2 Å². The van der Waals surface area contributed by atoms with Gasteiger partial charge in [-0.2, -0.15) is 0 Å². The third kappa shape index (κ3) is 7.21. The zero-order valence-corrected chi connectivity index (χ0v) is 23.3. The number of halogens is 2. The molecule has 0 spiro atoms. The molecular formula is C31H32Cl2N2O4. The zero-order valence-electron chi connectivity index (χ0n) is 21.7. The van der Waals surface area contributed by atoms with Crippen LogP contribution in [0.5, 0.6) is 5.75 Å². The van der Waals surface area contributed by atoms with Gasteiger partial charge in [0.25, 0.3) is 0 Å². The second-order valence-electron chi connectivity index (χ2n) is 9.91. The Morgan fingerprint density at radius 1 is 0.821 bits per heavy atom. The Morgan fingerprint density at radius 2 is 1.46 bits per heavy atom. The molecule has 0 unspecified atom stereocenters. The van der Waals surface area contributed by atoms with Gasteiger partial charge in [-0.15, -0.1) is 0 Å². The summed E-state index contributed by atoms with van der Waals surface area (Å²) in [5.41, 5.74) is 3.24. The molecule has 0 radical (unpaired) electrons. The number of benzene rings is 3.